The van der Waals surface area contributed by atoms with Crippen LogP contribution in [0.5, 0.6) is 5.75 Å². The van der Waals surface area contributed by atoms with Crippen LogP contribution in [0.4, 0.5) is 5.69 Å². The molecule has 2 heterocycles. The zero-order chi connectivity index (χ0) is 20.9. The fourth-order valence-electron chi connectivity index (χ4n) is 4.15. The van der Waals surface area contributed by atoms with Crippen LogP contribution in [0, 0.1) is 5.92 Å². The third-order valence-corrected chi connectivity index (χ3v) is 5.87. The van der Waals surface area contributed by atoms with Crippen molar-refractivity contribution < 1.29 is 9.53 Å². The first-order valence-corrected chi connectivity index (χ1v) is 10.8. The number of anilines is 1. The molecule has 0 spiro atoms. The molecule has 2 N–H and O–H groups in total. The molecule has 0 radical (unpaired) electrons. The predicted molar refractivity (Wildman–Crippen MR) is 120 cm³/mol. The molecule has 6 nitrogen and oxygen atoms in total. The molecule has 1 saturated heterocycles. The number of aromatic nitrogens is 2. The van der Waals surface area contributed by atoms with Gasteiger partial charge in [-0.15, -0.1) is 0 Å². The standard InChI is InChI=1S/C23H27ClN4O2/c1-30-21-10-9-17(24)13-20(21)27-23(29)11-8-16-5-4-12-28(14-16)15-22-25-18-6-2-3-7-19(18)26-22/h2-3,6-7,9-10,13,16H,4-5,8,11-12,14-15H2,1H3,(H,25,26)(H,27,29)/t16-/m1/s1. The van der Waals surface area contributed by atoms with Gasteiger partial charge >= 0.3 is 0 Å². The Labute approximate surface area is 181 Å². The topological polar surface area (TPSA) is 70.2 Å². The molecule has 4 rings (SSSR count). The van der Waals surface area contributed by atoms with Crippen molar-refractivity contribution >= 4 is 34.2 Å². The van der Waals surface area contributed by atoms with Crippen molar-refractivity contribution in [3.8, 4) is 5.75 Å². The summed E-state index contributed by atoms with van der Waals surface area (Å²) in [5.74, 6) is 2.12. The highest BCUT2D eigenvalue weighted by Gasteiger charge is 2.22. The number of aromatic amines is 1. The Hall–Kier alpha value is -2.57. The number of nitrogens with one attached hydrogen (secondary N) is 2. The van der Waals surface area contributed by atoms with Crippen LogP contribution in [0.15, 0.2) is 42.5 Å². The van der Waals surface area contributed by atoms with Crippen LogP contribution in [-0.2, 0) is 11.3 Å². The lowest BCUT2D eigenvalue weighted by Gasteiger charge is -2.32. The molecule has 0 saturated carbocycles. The van der Waals surface area contributed by atoms with Gasteiger partial charge in [-0.3, -0.25) is 9.69 Å². The van der Waals surface area contributed by atoms with E-state index in [0.29, 0.717) is 28.8 Å². The minimum atomic E-state index is -0.00928. The van der Waals surface area contributed by atoms with Gasteiger partial charge in [-0.05, 0) is 62.1 Å². The molecule has 1 aliphatic heterocycles. The van der Waals surface area contributed by atoms with Crippen LogP contribution in [0.1, 0.15) is 31.5 Å². The Morgan fingerprint density at radius 3 is 3.03 bits per heavy atom. The fraction of sp³-hybridized carbons (Fsp3) is 0.391. The molecular formula is C23H27ClN4O2. The Balaban J connectivity index is 1.28. The van der Waals surface area contributed by atoms with Gasteiger partial charge in [0.15, 0.2) is 0 Å². The monoisotopic (exact) mass is 426 g/mol. The highest BCUT2D eigenvalue weighted by Crippen LogP contribution is 2.28. The van der Waals surface area contributed by atoms with E-state index in [0.717, 1.165) is 55.8 Å². The summed E-state index contributed by atoms with van der Waals surface area (Å²) in [4.78, 5) is 23.0. The Bertz CT molecular complexity index is 986. The van der Waals surface area contributed by atoms with Crippen LogP contribution >= 0.6 is 11.6 Å². The van der Waals surface area contributed by atoms with Gasteiger partial charge < -0.3 is 15.0 Å². The Morgan fingerprint density at radius 2 is 2.20 bits per heavy atom. The van der Waals surface area contributed by atoms with E-state index in [1.807, 2.05) is 18.2 Å². The summed E-state index contributed by atoms with van der Waals surface area (Å²) in [5, 5.41) is 3.50. The minimum absolute atomic E-state index is 0.00928. The van der Waals surface area contributed by atoms with E-state index in [2.05, 4.69) is 21.3 Å². The summed E-state index contributed by atoms with van der Waals surface area (Å²) in [5.41, 5.74) is 2.70. The number of carbonyl (C=O) groups is 1. The Kier molecular flexibility index (Phi) is 6.55. The first-order chi connectivity index (χ1) is 14.6. The average Bonchev–Trinajstić information content (AvgIpc) is 3.15. The van der Waals surface area contributed by atoms with E-state index in [1.165, 1.54) is 0 Å². The predicted octanol–water partition coefficient (Wildman–Crippen LogP) is 4.86. The number of imidazole rings is 1. The van der Waals surface area contributed by atoms with Crippen molar-refractivity contribution in [2.45, 2.75) is 32.2 Å². The van der Waals surface area contributed by atoms with Gasteiger partial charge in [0.25, 0.3) is 0 Å². The average molecular weight is 427 g/mol. The molecule has 1 atom stereocenters. The summed E-state index contributed by atoms with van der Waals surface area (Å²) in [6.07, 6.45) is 3.66. The number of ether oxygens (including phenoxy) is 1. The number of benzene rings is 2. The lowest BCUT2D eigenvalue weighted by molar-refractivity contribution is -0.116. The maximum absolute atomic E-state index is 12.5. The van der Waals surface area contributed by atoms with Gasteiger partial charge in [0.05, 0.1) is 30.4 Å². The van der Waals surface area contributed by atoms with E-state index in [9.17, 15) is 4.79 Å². The van der Waals surface area contributed by atoms with Crippen LogP contribution in [-0.4, -0.2) is 41.0 Å². The number of amides is 1. The molecule has 3 aromatic rings. The van der Waals surface area contributed by atoms with E-state index >= 15 is 0 Å². The number of likely N-dealkylation sites (tertiary alicyclic amines) is 1. The zero-order valence-corrected chi connectivity index (χ0v) is 17.9. The van der Waals surface area contributed by atoms with Crippen molar-refractivity contribution in [2.24, 2.45) is 5.92 Å². The summed E-state index contributed by atoms with van der Waals surface area (Å²) in [6.45, 7) is 2.88. The third kappa shape index (κ3) is 5.12. The molecule has 1 aliphatic rings. The van der Waals surface area contributed by atoms with Crippen molar-refractivity contribution in [1.29, 1.82) is 0 Å². The third-order valence-electron chi connectivity index (χ3n) is 5.63. The van der Waals surface area contributed by atoms with Crippen molar-refractivity contribution in [1.82, 2.24) is 14.9 Å². The van der Waals surface area contributed by atoms with E-state index < -0.39 is 0 Å². The van der Waals surface area contributed by atoms with Gasteiger partial charge in [-0.2, -0.15) is 0 Å². The summed E-state index contributed by atoms with van der Waals surface area (Å²) >= 11 is 6.04. The second-order valence-electron chi connectivity index (χ2n) is 7.88. The van der Waals surface area contributed by atoms with Crippen molar-refractivity contribution in [3.05, 3.63) is 53.3 Å². The summed E-state index contributed by atoms with van der Waals surface area (Å²) in [7, 11) is 1.58. The van der Waals surface area contributed by atoms with Gasteiger partial charge in [-0.25, -0.2) is 4.98 Å². The summed E-state index contributed by atoms with van der Waals surface area (Å²) in [6, 6.07) is 13.3. The van der Waals surface area contributed by atoms with E-state index in [1.54, 1.807) is 25.3 Å². The molecule has 158 valence electrons. The second kappa shape index (κ2) is 9.49. The number of fused-ring (bicyclic) bond motifs is 1. The minimum Gasteiger partial charge on any atom is -0.495 e. The molecule has 0 bridgehead atoms. The molecule has 7 heteroatoms. The molecule has 0 unspecified atom stereocenters. The lowest BCUT2D eigenvalue weighted by atomic mass is 9.93. The molecule has 30 heavy (non-hydrogen) atoms. The number of rotatable bonds is 7. The summed E-state index contributed by atoms with van der Waals surface area (Å²) < 4.78 is 5.30. The largest absolute Gasteiger partial charge is 0.495 e. The SMILES string of the molecule is COc1ccc(Cl)cc1NC(=O)CC[C@H]1CCCN(Cc2nc3ccccc3[nH]2)C1. The number of hydrogen-bond donors (Lipinski definition) is 2. The quantitative estimate of drug-likeness (QED) is 0.566. The number of para-hydroxylation sites is 2. The number of piperidine rings is 1. The van der Waals surface area contributed by atoms with Crippen LogP contribution < -0.4 is 10.1 Å². The van der Waals surface area contributed by atoms with Gasteiger partial charge in [0, 0.05) is 18.0 Å². The van der Waals surface area contributed by atoms with Gasteiger partial charge in [0.1, 0.15) is 11.6 Å². The van der Waals surface area contributed by atoms with Crippen molar-refractivity contribution in [3.63, 3.8) is 0 Å². The number of H-pyrrole nitrogens is 1. The fourth-order valence-corrected chi connectivity index (χ4v) is 4.32. The maximum Gasteiger partial charge on any atom is 0.224 e. The first-order valence-electron chi connectivity index (χ1n) is 10.4. The van der Waals surface area contributed by atoms with E-state index in [-0.39, 0.29) is 5.91 Å². The number of methoxy groups -OCH3 is 1. The molecule has 1 aromatic heterocycles. The number of carbonyl (C=O) groups excluding carboxylic acids is 1. The smallest absolute Gasteiger partial charge is 0.224 e. The molecular weight excluding hydrogens is 400 g/mol. The zero-order valence-electron chi connectivity index (χ0n) is 17.2. The van der Waals surface area contributed by atoms with Gasteiger partial charge in [0.2, 0.25) is 5.91 Å². The van der Waals surface area contributed by atoms with Crippen molar-refractivity contribution in [2.75, 3.05) is 25.5 Å². The lowest BCUT2D eigenvalue weighted by Crippen LogP contribution is -2.35. The van der Waals surface area contributed by atoms with Crippen LogP contribution in [0.2, 0.25) is 5.02 Å². The van der Waals surface area contributed by atoms with Gasteiger partial charge in [-0.1, -0.05) is 23.7 Å². The number of halogens is 1. The normalized spacial score (nSPS) is 17.2. The van der Waals surface area contributed by atoms with Crippen LogP contribution in [0.3, 0.4) is 0 Å². The maximum atomic E-state index is 12.5. The molecule has 1 amide bonds. The number of nitrogens with zero attached hydrogens (tertiary/aromatic N) is 2. The Morgan fingerprint density at radius 1 is 1.33 bits per heavy atom. The highest BCUT2D eigenvalue weighted by atomic mass is 35.5. The number of hydrogen-bond acceptors (Lipinski definition) is 4. The molecule has 2 aromatic carbocycles. The first kappa shape index (κ1) is 20.7. The highest BCUT2D eigenvalue weighted by molar-refractivity contribution is 6.31. The molecule has 0 aliphatic carbocycles. The second-order valence-corrected chi connectivity index (χ2v) is 8.31. The van der Waals surface area contributed by atoms with E-state index in [4.69, 9.17) is 21.3 Å². The van der Waals surface area contributed by atoms with Crippen LogP contribution in [0.25, 0.3) is 11.0 Å². The molecule has 1 fully saturated rings.